The van der Waals surface area contributed by atoms with Crippen LogP contribution in [-0.4, -0.2) is 34.0 Å². The van der Waals surface area contributed by atoms with Crippen molar-refractivity contribution in [3.8, 4) is 11.9 Å². The van der Waals surface area contributed by atoms with Crippen LogP contribution < -0.4 is 9.47 Å². The Bertz CT molecular complexity index is 1320. The van der Waals surface area contributed by atoms with Crippen LogP contribution in [0.4, 0.5) is 13.2 Å². The molecule has 0 amide bonds. The van der Waals surface area contributed by atoms with Crippen molar-refractivity contribution < 1.29 is 27.4 Å². The van der Waals surface area contributed by atoms with Gasteiger partial charge in [-0.25, -0.2) is 4.68 Å². The zero-order chi connectivity index (χ0) is 25.0. The van der Waals surface area contributed by atoms with E-state index in [-0.39, 0.29) is 11.9 Å². The van der Waals surface area contributed by atoms with Crippen LogP contribution in [0.15, 0.2) is 60.9 Å². The van der Waals surface area contributed by atoms with E-state index in [4.69, 9.17) is 14.2 Å². The molecule has 0 aliphatic carbocycles. The van der Waals surface area contributed by atoms with Gasteiger partial charge in [0.1, 0.15) is 17.7 Å². The predicted molar refractivity (Wildman–Crippen MR) is 124 cm³/mol. The number of fused-ring (bicyclic) bond motifs is 1. The Morgan fingerprint density at radius 2 is 1.69 bits per heavy atom. The van der Waals surface area contributed by atoms with E-state index in [1.165, 1.54) is 32.6 Å². The van der Waals surface area contributed by atoms with Crippen LogP contribution in [0.3, 0.4) is 0 Å². The fourth-order valence-electron chi connectivity index (χ4n) is 3.56. The molecule has 35 heavy (non-hydrogen) atoms. The molecule has 2 heterocycles. The van der Waals surface area contributed by atoms with Crippen LogP contribution in [0, 0.1) is 0 Å². The van der Waals surface area contributed by atoms with E-state index in [0.29, 0.717) is 28.9 Å². The molecule has 2 aromatic heterocycles. The number of aromatic nitrogens is 4. The van der Waals surface area contributed by atoms with Crippen LogP contribution in [0.5, 0.6) is 11.9 Å². The van der Waals surface area contributed by atoms with Gasteiger partial charge in [-0.05, 0) is 30.2 Å². The normalized spacial score (nSPS) is 12.7. The number of alkyl halides is 3. The van der Waals surface area contributed by atoms with Crippen LogP contribution in [0.25, 0.3) is 17.1 Å². The average molecular weight is 484 g/mol. The van der Waals surface area contributed by atoms with Gasteiger partial charge in [-0.1, -0.05) is 42.5 Å². The highest BCUT2D eigenvalue weighted by Gasteiger charge is 2.30. The summed E-state index contributed by atoms with van der Waals surface area (Å²) in [5.41, 5.74) is 1.79. The van der Waals surface area contributed by atoms with Crippen LogP contribution in [-0.2, 0) is 17.5 Å². The summed E-state index contributed by atoms with van der Waals surface area (Å²) in [5.74, 6) is 0.250. The first-order valence-corrected chi connectivity index (χ1v) is 10.7. The largest absolute Gasteiger partial charge is 0.496 e. The zero-order valence-electron chi connectivity index (χ0n) is 19.3. The van der Waals surface area contributed by atoms with Gasteiger partial charge in [0, 0.05) is 6.08 Å². The van der Waals surface area contributed by atoms with Gasteiger partial charge >= 0.3 is 12.2 Å². The number of hydrogen-bond donors (Lipinski definition) is 0. The number of rotatable bonds is 8. The summed E-state index contributed by atoms with van der Waals surface area (Å²) < 4.78 is 56.9. The molecule has 0 bridgehead atoms. The van der Waals surface area contributed by atoms with Gasteiger partial charge in [-0.2, -0.15) is 28.2 Å². The average Bonchev–Trinajstić information content (AvgIpc) is 3.24. The van der Waals surface area contributed by atoms with E-state index in [9.17, 15) is 13.2 Å². The van der Waals surface area contributed by atoms with Gasteiger partial charge in [0.15, 0.2) is 5.65 Å². The number of halogens is 3. The first kappa shape index (κ1) is 24.1. The molecule has 0 saturated heterocycles. The van der Waals surface area contributed by atoms with E-state index >= 15 is 0 Å². The lowest BCUT2D eigenvalue weighted by atomic mass is 10.1. The van der Waals surface area contributed by atoms with Crippen molar-refractivity contribution in [2.24, 2.45) is 0 Å². The fraction of sp³-hybridized carbons (Fsp3) is 0.240. The quantitative estimate of drug-likeness (QED) is 0.301. The second-order valence-electron chi connectivity index (χ2n) is 7.64. The fourth-order valence-corrected chi connectivity index (χ4v) is 3.56. The van der Waals surface area contributed by atoms with Crippen molar-refractivity contribution in [2.75, 3.05) is 14.2 Å². The summed E-state index contributed by atoms with van der Waals surface area (Å²) in [6.07, 6.45) is -1.23. The Balaban J connectivity index is 1.71. The number of methoxy groups -OCH3 is 2. The molecule has 10 heteroatoms. The summed E-state index contributed by atoms with van der Waals surface area (Å²) in [5, 5.41) is 5.17. The molecule has 0 aliphatic rings. The maximum Gasteiger partial charge on any atom is 0.416 e. The summed E-state index contributed by atoms with van der Waals surface area (Å²) >= 11 is 0. The van der Waals surface area contributed by atoms with Crippen molar-refractivity contribution in [1.29, 1.82) is 0 Å². The lowest BCUT2D eigenvalue weighted by Crippen LogP contribution is -2.11. The van der Waals surface area contributed by atoms with Crippen molar-refractivity contribution in [3.63, 3.8) is 0 Å². The molecule has 0 fully saturated rings. The monoisotopic (exact) mass is 484 g/mol. The predicted octanol–water partition coefficient (Wildman–Crippen LogP) is 5.66. The Kier molecular flexibility index (Phi) is 6.90. The topological polar surface area (TPSA) is 71.3 Å². The molecular weight excluding hydrogens is 461 g/mol. The second kappa shape index (κ2) is 10.0. The van der Waals surface area contributed by atoms with E-state index in [2.05, 4.69) is 15.1 Å². The molecule has 7 nitrogen and oxygen atoms in total. The Morgan fingerprint density at radius 1 is 0.971 bits per heavy atom. The standard InChI is InChI=1S/C25H23F3N4O3/c1-16(18-9-11-19(12-10-18)25(26,27)28)32-22-21(23(33-2)30-24(29-22)34-3)20(31-32)13-14-35-15-17-7-5-4-6-8-17/h4-14,16H,15H2,1-3H3. The van der Waals surface area contributed by atoms with Crippen LogP contribution >= 0.6 is 0 Å². The molecule has 0 radical (unpaired) electrons. The molecule has 0 spiro atoms. The number of nitrogens with zero attached hydrogens (tertiary/aromatic N) is 4. The molecular formula is C25H23F3N4O3. The van der Waals surface area contributed by atoms with Gasteiger partial charge in [0.05, 0.1) is 32.1 Å². The van der Waals surface area contributed by atoms with E-state index in [0.717, 1.165) is 17.7 Å². The Morgan fingerprint density at radius 3 is 2.31 bits per heavy atom. The molecule has 0 aliphatic heterocycles. The summed E-state index contributed by atoms with van der Waals surface area (Å²) in [4.78, 5) is 8.68. The van der Waals surface area contributed by atoms with E-state index < -0.39 is 17.8 Å². The third-order valence-electron chi connectivity index (χ3n) is 5.40. The zero-order valence-corrected chi connectivity index (χ0v) is 19.3. The van der Waals surface area contributed by atoms with Gasteiger partial charge in [0.2, 0.25) is 5.88 Å². The van der Waals surface area contributed by atoms with Crippen molar-refractivity contribution in [3.05, 3.63) is 83.2 Å². The maximum atomic E-state index is 13.0. The Labute approximate surface area is 199 Å². The Hall–Kier alpha value is -4.08. The second-order valence-corrected chi connectivity index (χ2v) is 7.64. The lowest BCUT2D eigenvalue weighted by Gasteiger charge is -2.15. The number of ether oxygens (including phenoxy) is 3. The third-order valence-corrected chi connectivity index (χ3v) is 5.40. The summed E-state index contributed by atoms with van der Waals surface area (Å²) in [7, 11) is 2.90. The summed E-state index contributed by atoms with van der Waals surface area (Å²) in [6.45, 7) is 2.19. The minimum absolute atomic E-state index is 0.0750. The molecule has 182 valence electrons. The van der Waals surface area contributed by atoms with Crippen molar-refractivity contribution >= 4 is 17.1 Å². The highest BCUT2D eigenvalue weighted by Crippen LogP contribution is 2.34. The third kappa shape index (κ3) is 5.21. The van der Waals surface area contributed by atoms with Gasteiger partial charge in [-0.3, -0.25) is 0 Å². The summed E-state index contributed by atoms with van der Waals surface area (Å²) in [6, 6.07) is 14.3. The first-order chi connectivity index (χ1) is 16.8. The molecule has 4 rings (SSSR count). The molecule has 2 aromatic carbocycles. The molecule has 4 aromatic rings. The van der Waals surface area contributed by atoms with Crippen molar-refractivity contribution in [2.45, 2.75) is 25.7 Å². The molecule has 1 atom stereocenters. The van der Waals surface area contributed by atoms with E-state index in [1.54, 1.807) is 10.8 Å². The maximum absolute atomic E-state index is 13.0. The lowest BCUT2D eigenvalue weighted by molar-refractivity contribution is -0.137. The van der Waals surface area contributed by atoms with Gasteiger partial charge in [0.25, 0.3) is 0 Å². The minimum atomic E-state index is -4.41. The van der Waals surface area contributed by atoms with E-state index in [1.807, 2.05) is 37.3 Å². The van der Waals surface area contributed by atoms with Crippen LogP contribution in [0.2, 0.25) is 0 Å². The van der Waals surface area contributed by atoms with Gasteiger partial charge in [-0.15, -0.1) is 0 Å². The number of benzene rings is 2. The van der Waals surface area contributed by atoms with Gasteiger partial charge < -0.3 is 14.2 Å². The van der Waals surface area contributed by atoms with Crippen LogP contribution in [0.1, 0.15) is 35.3 Å². The SMILES string of the molecule is COc1nc(OC)c2c(C=COCc3ccccc3)nn(C(C)c3ccc(C(F)(F)F)cc3)c2n1. The molecule has 0 saturated carbocycles. The minimum Gasteiger partial charge on any atom is -0.496 e. The highest BCUT2D eigenvalue weighted by atomic mass is 19.4. The number of hydrogen-bond acceptors (Lipinski definition) is 6. The van der Waals surface area contributed by atoms with Crippen molar-refractivity contribution in [1.82, 2.24) is 19.7 Å². The highest BCUT2D eigenvalue weighted by molar-refractivity contribution is 5.89. The first-order valence-electron chi connectivity index (χ1n) is 10.7. The molecule has 1 unspecified atom stereocenters. The smallest absolute Gasteiger partial charge is 0.416 e. The molecule has 0 N–H and O–H groups in total.